The van der Waals surface area contributed by atoms with Crippen molar-refractivity contribution < 1.29 is 13.7 Å². The number of carbonyl (C=O) groups excluding carboxylic acids is 1. The predicted molar refractivity (Wildman–Crippen MR) is 59.0 cm³/mol. The largest absolute Gasteiger partial charge is 0.469 e. The Hall–Kier alpha value is -1.16. The second-order valence-corrected chi connectivity index (χ2v) is 4.61. The van der Waals surface area contributed by atoms with Crippen molar-refractivity contribution in [3.63, 3.8) is 0 Å². The van der Waals surface area contributed by atoms with Crippen LogP contribution in [0.25, 0.3) is 0 Å². The van der Waals surface area contributed by atoms with Crippen LogP contribution in [0.3, 0.4) is 0 Å². The number of ether oxygens (including phenoxy) is 1. The van der Waals surface area contributed by atoms with E-state index in [9.17, 15) is 9.00 Å². The summed E-state index contributed by atoms with van der Waals surface area (Å²) < 4.78 is 16.2. The van der Waals surface area contributed by atoms with Crippen molar-refractivity contribution >= 4 is 16.8 Å². The first-order valence-corrected chi connectivity index (χ1v) is 6.06. The van der Waals surface area contributed by atoms with Crippen LogP contribution in [0.1, 0.15) is 12.8 Å². The Kier molecular flexibility index (Phi) is 5.04. The van der Waals surface area contributed by atoms with Crippen molar-refractivity contribution in [1.29, 1.82) is 0 Å². The Bertz CT molecular complexity index is 335. The average Bonchev–Trinajstić information content (AvgIpc) is 2.29. The molecule has 4 heteroatoms. The van der Waals surface area contributed by atoms with E-state index in [-0.39, 0.29) is 5.97 Å². The minimum absolute atomic E-state index is 0.250. The molecule has 0 radical (unpaired) electrons. The van der Waals surface area contributed by atoms with Crippen LogP contribution in [0.4, 0.5) is 0 Å². The third-order valence-electron chi connectivity index (χ3n) is 1.94. The van der Waals surface area contributed by atoms with Crippen LogP contribution < -0.4 is 0 Å². The molecular formula is C11H14O3S. The second kappa shape index (κ2) is 6.35. The van der Waals surface area contributed by atoms with Crippen molar-refractivity contribution in [2.24, 2.45) is 0 Å². The van der Waals surface area contributed by atoms with Gasteiger partial charge >= 0.3 is 5.97 Å². The molecule has 0 N–H and O–H groups in total. The van der Waals surface area contributed by atoms with E-state index in [4.69, 9.17) is 0 Å². The third kappa shape index (κ3) is 4.25. The maximum Gasteiger partial charge on any atom is 0.305 e. The fourth-order valence-corrected chi connectivity index (χ4v) is 2.24. The van der Waals surface area contributed by atoms with Crippen molar-refractivity contribution in [3.8, 4) is 0 Å². The summed E-state index contributed by atoms with van der Waals surface area (Å²) in [6, 6.07) is 9.25. The molecule has 1 unspecified atom stereocenters. The van der Waals surface area contributed by atoms with Gasteiger partial charge in [0.05, 0.1) is 17.9 Å². The van der Waals surface area contributed by atoms with E-state index in [2.05, 4.69) is 4.74 Å². The molecular weight excluding hydrogens is 212 g/mol. The quantitative estimate of drug-likeness (QED) is 0.718. The first-order chi connectivity index (χ1) is 7.24. The normalized spacial score (nSPS) is 12.1. The van der Waals surface area contributed by atoms with E-state index in [1.54, 1.807) is 0 Å². The molecule has 0 fully saturated rings. The summed E-state index contributed by atoms with van der Waals surface area (Å²) >= 11 is 0. The van der Waals surface area contributed by atoms with Gasteiger partial charge < -0.3 is 4.74 Å². The fraction of sp³-hybridized carbons (Fsp3) is 0.364. The fourth-order valence-electron chi connectivity index (χ4n) is 1.14. The molecule has 1 rings (SSSR count). The van der Waals surface area contributed by atoms with Gasteiger partial charge in [-0.05, 0) is 18.6 Å². The average molecular weight is 226 g/mol. The maximum atomic E-state index is 11.7. The monoisotopic (exact) mass is 226 g/mol. The van der Waals surface area contributed by atoms with Crippen molar-refractivity contribution in [2.75, 3.05) is 12.9 Å². The second-order valence-electron chi connectivity index (χ2n) is 3.04. The number of carbonyl (C=O) groups is 1. The van der Waals surface area contributed by atoms with Gasteiger partial charge in [-0.3, -0.25) is 9.00 Å². The highest BCUT2D eigenvalue weighted by Gasteiger charge is 2.05. The lowest BCUT2D eigenvalue weighted by molar-refractivity contribution is -0.140. The molecule has 0 amide bonds. The Morgan fingerprint density at radius 1 is 1.33 bits per heavy atom. The number of methoxy groups -OCH3 is 1. The minimum Gasteiger partial charge on any atom is -0.469 e. The van der Waals surface area contributed by atoms with Gasteiger partial charge in [0.1, 0.15) is 0 Å². The summed E-state index contributed by atoms with van der Waals surface area (Å²) in [5, 5.41) is 0. The Balaban J connectivity index is 2.34. The van der Waals surface area contributed by atoms with Crippen molar-refractivity contribution in [2.45, 2.75) is 17.7 Å². The smallest absolute Gasteiger partial charge is 0.305 e. The van der Waals surface area contributed by atoms with Crippen molar-refractivity contribution in [3.05, 3.63) is 30.3 Å². The zero-order chi connectivity index (χ0) is 11.1. The standard InChI is InChI=1S/C11H14O3S/c1-14-11(12)8-5-9-15(13)10-6-3-2-4-7-10/h2-4,6-7H,5,8-9H2,1H3. The summed E-state index contributed by atoms with van der Waals surface area (Å²) in [6.07, 6.45) is 0.920. The highest BCUT2D eigenvalue weighted by molar-refractivity contribution is 7.85. The van der Waals surface area contributed by atoms with Crippen LogP contribution in [-0.2, 0) is 20.3 Å². The third-order valence-corrected chi connectivity index (χ3v) is 3.40. The zero-order valence-corrected chi connectivity index (χ0v) is 9.46. The van der Waals surface area contributed by atoms with Gasteiger partial charge in [-0.25, -0.2) is 0 Å². The van der Waals surface area contributed by atoms with Crippen LogP contribution in [0.15, 0.2) is 35.2 Å². The Morgan fingerprint density at radius 2 is 2.00 bits per heavy atom. The van der Waals surface area contributed by atoms with Crippen LogP contribution in [0.5, 0.6) is 0 Å². The first-order valence-electron chi connectivity index (χ1n) is 4.74. The Labute approximate surface area is 91.9 Å². The molecule has 0 aliphatic heterocycles. The van der Waals surface area contributed by atoms with Gasteiger partial charge in [-0.1, -0.05) is 18.2 Å². The number of benzene rings is 1. The SMILES string of the molecule is COC(=O)CCCS(=O)c1ccccc1. The number of hydrogen-bond donors (Lipinski definition) is 0. The summed E-state index contributed by atoms with van der Waals surface area (Å²) in [7, 11) is 0.348. The van der Waals surface area contributed by atoms with Gasteiger partial charge in [0.25, 0.3) is 0 Å². The molecule has 0 bridgehead atoms. The van der Waals surface area contributed by atoms with Crippen LogP contribution in [0, 0.1) is 0 Å². The maximum absolute atomic E-state index is 11.7. The van der Waals surface area contributed by atoms with E-state index in [0.717, 1.165) is 4.90 Å². The Morgan fingerprint density at radius 3 is 2.60 bits per heavy atom. The van der Waals surface area contributed by atoms with Gasteiger partial charge in [-0.15, -0.1) is 0 Å². The van der Waals surface area contributed by atoms with E-state index >= 15 is 0 Å². The molecule has 1 atom stereocenters. The van der Waals surface area contributed by atoms with Crippen LogP contribution >= 0.6 is 0 Å². The molecule has 1 aromatic rings. The van der Waals surface area contributed by atoms with Gasteiger partial charge in [0.15, 0.2) is 0 Å². The van der Waals surface area contributed by atoms with Crippen LogP contribution in [-0.4, -0.2) is 23.0 Å². The highest BCUT2D eigenvalue weighted by atomic mass is 32.2. The molecule has 0 heterocycles. The van der Waals surface area contributed by atoms with Gasteiger partial charge in [-0.2, -0.15) is 0 Å². The van der Waals surface area contributed by atoms with E-state index in [0.29, 0.717) is 18.6 Å². The molecule has 1 aromatic carbocycles. The summed E-state index contributed by atoms with van der Waals surface area (Å²) in [5.74, 6) is 0.249. The first kappa shape index (κ1) is 11.9. The topological polar surface area (TPSA) is 43.4 Å². The lowest BCUT2D eigenvalue weighted by atomic mass is 10.3. The van der Waals surface area contributed by atoms with E-state index in [1.165, 1.54) is 7.11 Å². The molecule has 0 aliphatic carbocycles. The molecule has 0 aromatic heterocycles. The van der Waals surface area contributed by atoms with Crippen LogP contribution in [0.2, 0.25) is 0 Å². The zero-order valence-electron chi connectivity index (χ0n) is 8.64. The highest BCUT2D eigenvalue weighted by Crippen LogP contribution is 2.07. The number of rotatable bonds is 5. The molecule has 0 saturated carbocycles. The number of esters is 1. The number of hydrogen-bond acceptors (Lipinski definition) is 3. The van der Waals surface area contributed by atoms with E-state index < -0.39 is 10.8 Å². The molecule has 0 saturated heterocycles. The van der Waals surface area contributed by atoms with Gasteiger partial charge in [0, 0.05) is 17.1 Å². The summed E-state index contributed by atoms with van der Waals surface area (Å²) in [4.78, 5) is 11.6. The molecule has 0 aliphatic rings. The molecule has 82 valence electrons. The van der Waals surface area contributed by atoms with E-state index in [1.807, 2.05) is 30.3 Å². The summed E-state index contributed by atoms with van der Waals surface area (Å²) in [5.41, 5.74) is 0. The minimum atomic E-state index is -1.01. The molecule has 3 nitrogen and oxygen atoms in total. The molecule has 0 spiro atoms. The lowest BCUT2D eigenvalue weighted by Crippen LogP contribution is -2.04. The van der Waals surface area contributed by atoms with Gasteiger partial charge in [0.2, 0.25) is 0 Å². The predicted octanol–water partition coefficient (Wildman–Crippen LogP) is 1.75. The van der Waals surface area contributed by atoms with Crippen molar-refractivity contribution in [1.82, 2.24) is 0 Å². The lowest BCUT2D eigenvalue weighted by Gasteiger charge is -2.01. The molecule has 15 heavy (non-hydrogen) atoms. The summed E-state index contributed by atoms with van der Waals surface area (Å²) in [6.45, 7) is 0.